The summed E-state index contributed by atoms with van der Waals surface area (Å²) in [7, 11) is 0. The molecule has 1 amide bonds. The van der Waals surface area contributed by atoms with E-state index in [0.29, 0.717) is 11.7 Å². The average Bonchev–Trinajstić information content (AvgIpc) is 2.80. The summed E-state index contributed by atoms with van der Waals surface area (Å²) in [5, 5.41) is 0. The molecule has 0 bridgehead atoms. The van der Waals surface area contributed by atoms with Crippen LogP contribution in [0.15, 0.2) is 24.3 Å². The zero-order valence-corrected chi connectivity index (χ0v) is 9.32. The number of hydrogen-bond acceptors (Lipinski definition) is 2. The van der Waals surface area contributed by atoms with Crippen molar-refractivity contribution in [3.8, 4) is 5.75 Å². The molecule has 3 nitrogen and oxygen atoms in total. The zero-order chi connectivity index (χ0) is 11.4. The molecule has 1 fully saturated rings. The Bertz CT molecular complexity index is 353. The predicted molar refractivity (Wildman–Crippen MR) is 62.3 cm³/mol. The molecule has 1 saturated carbocycles. The maximum Gasteiger partial charge on any atom is 0.255 e. The van der Waals surface area contributed by atoms with Crippen LogP contribution in [0, 0.1) is 0 Å². The van der Waals surface area contributed by atoms with Crippen molar-refractivity contribution >= 4 is 5.91 Å². The van der Waals surface area contributed by atoms with Gasteiger partial charge in [0.2, 0.25) is 0 Å². The highest BCUT2D eigenvalue weighted by Crippen LogP contribution is 2.34. The van der Waals surface area contributed by atoms with Crippen molar-refractivity contribution in [2.75, 3.05) is 6.61 Å². The summed E-state index contributed by atoms with van der Waals surface area (Å²) in [6.07, 6.45) is 5.26. The van der Waals surface area contributed by atoms with E-state index in [1.54, 1.807) is 0 Å². The number of rotatable bonds is 4. The van der Waals surface area contributed by atoms with Gasteiger partial charge in [-0.3, -0.25) is 4.79 Å². The molecule has 0 unspecified atom stereocenters. The smallest absolute Gasteiger partial charge is 0.255 e. The summed E-state index contributed by atoms with van der Waals surface area (Å²) in [6.45, 7) is -0.0528. The Morgan fingerprint density at radius 2 is 1.88 bits per heavy atom. The zero-order valence-electron chi connectivity index (χ0n) is 9.32. The van der Waals surface area contributed by atoms with Crippen molar-refractivity contribution in [2.24, 2.45) is 5.73 Å². The number of amides is 1. The average molecular weight is 219 g/mol. The van der Waals surface area contributed by atoms with Crippen LogP contribution in [0.4, 0.5) is 0 Å². The quantitative estimate of drug-likeness (QED) is 0.844. The molecule has 16 heavy (non-hydrogen) atoms. The molecule has 2 rings (SSSR count). The van der Waals surface area contributed by atoms with E-state index in [2.05, 4.69) is 12.1 Å². The van der Waals surface area contributed by atoms with Crippen molar-refractivity contribution in [2.45, 2.75) is 31.6 Å². The lowest BCUT2D eigenvalue weighted by Gasteiger charge is -2.10. The number of benzene rings is 1. The minimum atomic E-state index is -0.445. The Morgan fingerprint density at radius 1 is 1.25 bits per heavy atom. The molecule has 3 heteroatoms. The first-order chi connectivity index (χ1) is 7.75. The van der Waals surface area contributed by atoms with Crippen LogP contribution in [-0.2, 0) is 4.79 Å². The van der Waals surface area contributed by atoms with Crippen molar-refractivity contribution in [3.63, 3.8) is 0 Å². The summed E-state index contributed by atoms with van der Waals surface area (Å²) in [6, 6.07) is 8.01. The van der Waals surface area contributed by atoms with Gasteiger partial charge >= 0.3 is 0 Å². The topological polar surface area (TPSA) is 52.3 Å². The third-order valence-electron chi connectivity index (χ3n) is 3.09. The number of primary amides is 1. The van der Waals surface area contributed by atoms with Gasteiger partial charge < -0.3 is 10.5 Å². The highest BCUT2D eigenvalue weighted by Gasteiger charge is 2.16. The van der Waals surface area contributed by atoms with Crippen molar-refractivity contribution in [3.05, 3.63) is 29.8 Å². The Kier molecular flexibility index (Phi) is 3.44. The fraction of sp³-hybridized carbons (Fsp3) is 0.462. The monoisotopic (exact) mass is 219 g/mol. The van der Waals surface area contributed by atoms with E-state index >= 15 is 0 Å². The van der Waals surface area contributed by atoms with E-state index < -0.39 is 5.91 Å². The number of ether oxygens (including phenoxy) is 1. The predicted octanol–water partition coefficient (Wildman–Crippen LogP) is 2.21. The molecule has 86 valence electrons. The third-order valence-corrected chi connectivity index (χ3v) is 3.09. The van der Waals surface area contributed by atoms with E-state index in [9.17, 15) is 4.79 Å². The van der Waals surface area contributed by atoms with Gasteiger partial charge in [0, 0.05) is 0 Å². The molecular formula is C13H17NO2. The van der Waals surface area contributed by atoms with E-state index in [1.165, 1.54) is 31.2 Å². The molecule has 0 atom stereocenters. The Labute approximate surface area is 95.6 Å². The van der Waals surface area contributed by atoms with E-state index in [-0.39, 0.29) is 6.61 Å². The van der Waals surface area contributed by atoms with Gasteiger partial charge in [-0.2, -0.15) is 0 Å². The molecule has 0 aliphatic heterocycles. The first-order valence-corrected chi connectivity index (χ1v) is 5.77. The van der Waals surface area contributed by atoms with Crippen LogP contribution in [0.1, 0.15) is 37.2 Å². The van der Waals surface area contributed by atoms with Gasteiger partial charge in [0.15, 0.2) is 6.61 Å². The molecule has 1 aliphatic rings. The van der Waals surface area contributed by atoms with Crippen molar-refractivity contribution in [1.82, 2.24) is 0 Å². The molecule has 0 spiro atoms. The highest BCUT2D eigenvalue weighted by atomic mass is 16.5. The van der Waals surface area contributed by atoms with Crippen LogP contribution in [-0.4, -0.2) is 12.5 Å². The van der Waals surface area contributed by atoms with E-state index in [1.807, 2.05) is 12.1 Å². The highest BCUT2D eigenvalue weighted by molar-refractivity contribution is 5.75. The van der Waals surface area contributed by atoms with Gasteiger partial charge in [-0.1, -0.05) is 25.0 Å². The summed E-state index contributed by atoms with van der Waals surface area (Å²) in [4.78, 5) is 10.5. The van der Waals surface area contributed by atoms with Crippen LogP contribution in [0.25, 0.3) is 0 Å². The fourth-order valence-corrected chi connectivity index (χ4v) is 2.25. The van der Waals surface area contributed by atoms with Crippen molar-refractivity contribution in [1.29, 1.82) is 0 Å². The molecule has 2 N–H and O–H groups in total. The number of carbonyl (C=O) groups excluding carboxylic acids is 1. The second-order valence-electron chi connectivity index (χ2n) is 4.31. The Hall–Kier alpha value is -1.51. The Morgan fingerprint density at radius 3 is 2.44 bits per heavy atom. The SMILES string of the molecule is NC(=O)COc1ccc(C2CCCC2)cc1. The largest absolute Gasteiger partial charge is 0.484 e. The molecule has 0 saturated heterocycles. The first-order valence-electron chi connectivity index (χ1n) is 5.77. The standard InChI is InChI=1S/C13H17NO2/c14-13(15)9-16-12-7-5-11(6-8-12)10-3-1-2-4-10/h5-8,10H,1-4,9H2,(H2,14,15). The third kappa shape index (κ3) is 2.75. The maximum atomic E-state index is 10.5. The van der Waals surface area contributed by atoms with Crippen LogP contribution in [0.5, 0.6) is 5.75 Å². The lowest BCUT2D eigenvalue weighted by Crippen LogP contribution is -2.19. The molecule has 0 heterocycles. The normalized spacial score (nSPS) is 16.2. The molecule has 1 aliphatic carbocycles. The molecule has 0 radical (unpaired) electrons. The van der Waals surface area contributed by atoms with Crippen LogP contribution in [0.2, 0.25) is 0 Å². The number of hydrogen-bond donors (Lipinski definition) is 1. The molecule has 1 aromatic rings. The molecule has 1 aromatic carbocycles. The summed E-state index contributed by atoms with van der Waals surface area (Å²) >= 11 is 0. The van der Waals surface area contributed by atoms with Gasteiger partial charge in [0.25, 0.3) is 5.91 Å². The number of carbonyl (C=O) groups is 1. The second kappa shape index (κ2) is 5.01. The maximum absolute atomic E-state index is 10.5. The lowest BCUT2D eigenvalue weighted by molar-refractivity contribution is -0.119. The van der Waals surface area contributed by atoms with Gasteiger partial charge in [0.1, 0.15) is 5.75 Å². The lowest BCUT2D eigenvalue weighted by atomic mass is 9.98. The van der Waals surface area contributed by atoms with E-state index in [0.717, 1.165) is 0 Å². The summed E-state index contributed by atoms with van der Waals surface area (Å²) in [5.74, 6) is 0.977. The Balaban J connectivity index is 1.95. The fourth-order valence-electron chi connectivity index (χ4n) is 2.25. The van der Waals surface area contributed by atoms with Gasteiger partial charge in [0.05, 0.1) is 0 Å². The van der Waals surface area contributed by atoms with Gasteiger partial charge in [-0.05, 0) is 36.5 Å². The second-order valence-corrected chi connectivity index (χ2v) is 4.31. The summed E-state index contributed by atoms with van der Waals surface area (Å²) < 4.78 is 5.21. The van der Waals surface area contributed by atoms with Gasteiger partial charge in [-0.25, -0.2) is 0 Å². The minimum absolute atomic E-state index is 0.0528. The first kappa shape index (κ1) is 11.0. The van der Waals surface area contributed by atoms with Crippen LogP contribution >= 0.6 is 0 Å². The minimum Gasteiger partial charge on any atom is -0.484 e. The number of nitrogens with two attached hydrogens (primary N) is 1. The van der Waals surface area contributed by atoms with Crippen LogP contribution in [0.3, 0.4) is 0 Å². The van der Waals surface area contributed by atoms with Crippen LogP contribution < -0.4 is 10.5 Å². The summed E-state index contributed by atoms with van der Waals surface area (Å²) in [5.41, 5.74) is 6.38. The molecular weight excluding hydrogens is 202 g/mol. The van der Waals surface area contributed by atoms with Gasteiger partial charge in [-0.15, -0.1) is 0 Å². The molecule has 0 aromatic heterocycles. The van der Waals surface area contributed by atoms with E-state index in [4.69, 9.17) is 10.5 Å². The van der Waals surface area contributed by atoms with Crippen molar-refractivity contribution < 1.29 is 9.53 Å².